The second-order valence-corrected chi connectivity index (χ2v) is 7.34. The summed E-state index contributed by atoms with van der Waals surface area (Å²) < 4.78 is 0. The highest BCUT2D eigenvalue weighted by Gasteiger charge is 2.25. The van der Waals surface area contributed by atoms with E-state index in [-0.39, 0.29) is 11.5 Å². The number of amides is 1. The number of carboxylic acid groups (broad SMARTS) is 1. The molecule has 1 heterocycles. The molecule has 0 aliphatic carbocycles. The fraction of sp³-hybridized carbons (Fsp3) is 0.529. The van der Waals surface area contributed by atoms with Crippen LogP contribution in [-0.2, 0) is 11.2 Å². The van der Waals surface area contributed by atoms with E-state index in [1.807, 2.05) is 16.7 Å². The molecule has 1 fully saturated rings. The van der Waals surface area contributed by atoms with E-state index in [2.05, 4.69) is 13.8 Å². The molecule has 0 spiro atoms. The molecule has 1 N–H and O–H groups in total. The molecule has 1 unspecified atom stereocenters. The molecular weight excluding hydrogens is 298 g/mol. The number of rotatable bonds is 5. The van der Waals surface area contributed by atoms with Crippen LogP contribution < -0.4 is 0 Å². The number of carboxylic acids is 1. The number of hydrogen-bond donors (Lipinski definition) is 1. The van der Waals surface area contributed by atoms with E-state index in [0.29, 0.717) is 24.0 Å². The molecular formula is C17H23NO3S. The largest absolute Gasteiger partial charge is 0.478 e. The Bertz CT molecular complexity index is 527. The first-order chi connectivity index (χ1) is 10.5. The number of carbonyl (C=O) groups is 2. The standard InChI is InChI=1S/C17H23NO3S/c1-12(2)15-11-18(9-10-22-15)16(19)8-5-13-3-6-14(7-4-13)17(20)21/h3-4,6-7,12,15H,5,8-11H2,1-2H3,(H,20,21). The topological polar surface area (TPSA) is 57.6 Å². The summed E-state index contributed by atoms with van der Waals surface area (Å²) in [6.45, 7) is 6.09. The first-order valence-corrected chi connectivity index (χ1v) is 8.74. The summed E-state index contributed by atoms with van der Waals surface area (Å²) in [5.41, 5.74) is 1.29. The predicted octanol–water partition coefficient (Wildman–Crippen LogP) is 2.92. The van der Waals surface area contributed by atoms with Gasteiger partial charge in [-0.15, -0.1) is 0 Å². The number of hydrogen-bond acceptors (Lipinski definition) is 3. The van der Waals surface area contributed by atoms with Gasteiger partial charge in [-0.3, -0.25) is 4.79 Å². The summed E-state index contributed by atoms with van der Waals surface area (Å²) in [6.07, 6.45) is 1.15. The molecule has 1 atom stereocenters. The Kier molecular flexibility index (Phi) is 5.89. The van der Waals surface area contributed by atoms with Gasteiger partial charge in [0.15, 0.2) is 0 Å². The third-order valence-corrected chi connectivity index (χ3v) is 5.56. The van der Waals surface area contributed by atoms with Crippen molar-refractivity contribution >= 4 is 23.6 Å². The van der Waals surface area contributed by atoms with Crippen molar-refractivity contribution in [2.45, 2.75) is 31.9 Å². The van der Waals surface area contributed by atoms with E-state index in [9.17, 15) is 9.59 Å². The quantitative estimate of drug-likeness (QED) is 0.906. The smallest absolute Gasteiger partial charge is 0.335 e. The lowest BCUT2D eigenvalue weighted by molar-refractivity contribution is -0.131. The second-order valence-electron chi connectivity index (χ2n) is 6.00. The average Bonchev–Trinajstić information content (AvgIpc) is 2.53. The molecule has 4 nitrogen and oxygen atoms in total. The molecule has 1 saturated heterocycles. The highest BCUT2D eigenvalue weighted by Crippen LogP contribution is 2.25. The molecule has 1 aliphatic rings. The van der Waals surface area contributed by atoms with Crippen LogP contribution in [0.3, 0.4) is 0 Å². The molecule has 0 aromatic heterocycles. The van der Waals surface area contributed by atoms with Gasteiger partial charge in [0, 0.05) is 30.5 Å². The lowest BCUT2D eigenvalue weighted by atomic mass is 10.1. The van der Waals surface area contributed by atoms with E-state index in [1.54, 1.807) is 24.3 Å². The molecule has 1 aromatic carbocycles. The molecule has 0 saturated carbocycles. The Morgan fingerprint density at radius 1 is 1.32 bits per heavy atom. The third-order valence-electron chi connectivity index (χ3n) is 4.02. The summed E-state index contributed by atoms with van der Waals surface area (Å²) in [4.78, 5) is 25.1. The zero-order valence-corrected chi connectivity index (χ0v) is 13.9. The van der Waals surface area contributed by atoms with Gasteiger partial charge in [-0.25, -0.2) is 4.79 Å². The van der Waals surface area contributed by atoms with Gasteiger partial charge in [-0.2, -0.15) is 11.8 Å². The Morgan fingerprint density at radius 2 is 2.00 bits per heavy atom. The first kappa shape index (κ1) is 16.9. The van der Waals surface area contributed by atoms with Crippen LogP contribution in [0.5, 0.6) is 0 Å². The summed E-state index contributed by atoms with van der Waals surface area (Å²) in [5, 5.41) is 9.41. The van der Waals surface area contributed by atoms with Crippen LogP contribution >= 0.6 is 11.8 Å². The number of nitrogens with zero attached hydrogens (tertiary/aromatic N) is 1. The first-order valence-electron chi connectivity index (χ1n) is 7.69. The summed E-state index contributed by atoms with van der Waals surface area (Å²) in [6, 6.07) is 6.77. The van der Waals surface area contributed by atoms with Gasteiger partial charge in [0.25, 0.3) is 0 Å². The maximum atomic E-state index is 12.3. The van der Waals surface area contributed by atoms with Crippen molar-refractivity contribution in [3.63, 3.8) is 0 Å². The van der Waals surface area contributed by atoms with Crippen LogP contribution in [-0.4, -0.2) is 46.0 Å². The molecule has 2 rings (SSSR count). The van der Waals surface area contributed by atoms with E-state index in [4.69, 9.17) is 5.11 Å². The van der Waals surface area contributed by atoms with Gasteiger partial charge in [0.2, 0.25) is 5.91 Å². The fourth-order valence-electron chi connectivity index (χ4n) is 2.53. The van der Waals surface area contributed by atoms with Gasteiger partial charge in [-0.1, -0.05) is 26.0 Å². The zero-order valence-electron chi connectivity index (χ0n) is 13.1. The zero-order chi connectivity index (χ0) is 16.1. The van der Waals surface area contributed by atoms with Crippen molar-refractivity contribution in [2.75, 3.05) is 18.8 Å². The monoisotopic (exact) mass is 321 g/mol. The highest BCUT2D eigenvalue weighted by molar-refractivity contribution is 8.00. The number of thioether (sulfide) groups is 1. The normalized spacial score (nSPS) is 18.5. The van der Waals surface area contributed by atoms with Gasteiger partial charge in [-0.05, 0) is 30.0 Å². The number of carbonyl (C=O) groups excluding carboxylic acids is 1. The van der Waals surface area contributed by atoms with Crippen LogP contribution in [0, 0.1) is 5.92 Å². The molecule has 1 amide bonds. The molecule has 1 aliphatic heterocycles. The van der Waals surface area contributed by atoms with Crippen LogP contribution in [0.1, 0.15) is 36.2 Å². The minimum Gasteiger partial charge on any atom is -0.478 e. The lowest BCUT2D eigenvalue weighted by Crippen LogP contribution is -2.43. The van der Waals surface area contributed by atoms with Gasteiger partial charge in [0.05, 0.1) is 5.56 Å². The van der Waals surface area contributed by atoms with Crippen molar-refractivity contribution in [1.29, 1.82) is 0 Å². The van der Waals surface area contributed by atoms with Crippen molar-refractivity contribution in [2.24, 2.45) is 5.92 Å². The Labute approximate surface area is 135 Å². The van der Waals surface area contributed by atoms with Crippen LogP contribution in [0.25, 0.3) is 0 Å². The molecule has 0 bridgehead atoms. The fourth-order valence-corrected chi connectivity index (χ4v) is 3.83. The van der Waals surface area contributed by atoms with Crippen molar-refractivity contribution < 1.29 is 14.7 Å². The van der Waals surface area contributed by atoms with E-state index in [1.165, 1.54) is 0 Å². The maximum Gasteiger partial charge on any atom is 0.335 e. The maximum absolute atomic E-state index is 12.3. The molecule has 1 aromatic rings. The van der Waals surface area contributed by atoms with Crippen LogP contribution in [0.15, 0.2) is 24.3 Å². The minimum absolute atomic E-state index is 0.202. The second kappa shape index (κ2) is 7.68. The third kappa shape index (κ3) is 4.50. The van der Waals surface area contributed by atoms with E-state index in [0.717, 1.165) is 24.4 Å². The van der Waals surface area contributed by atoms with Gasteiger partial charge >= 0.3 is 5.97 Å². The Hall–Kier alpha value is -1.49. The van der Waals surface area contributed by atoms with Crippen molar-refractivity contribution in [3.05, 3.63) is 35.4 Å². The number of aryl methyl sites for hydroxylation is 1. The molecule has 22 heavy (non-hydrogen) atoms. The number of aromatic carboxylic acids is 1. The summed E-state index contributed by atoms with van der Waals surface area (Å²) in [7, 11) is 0. The van der Waals surface area contributed by atoms with Gasteiger partial charge < -0.3 is 10.0 Å². The van der Waals surface area contributed by atoms with Gasteiger partial charge in [0.1, 0.15) is 0 Å². The number of benzene rings is 1. The summed E-state index contributed by atoms with van der Waals surface area (Å²) >= 11 is 1.96. The Morgan fingerprint density at radius 3 is 2.59 bits per heavy atom. The lowest BCUT2D eigenvalue weighted by Gasteiger charge is -2.34. The van der Waals surface area contributed by atoms with Crippen molar-refractivity contribution in [3.8, 4) is 0 Å². The predicted molar refractivity (Wildman–Crippen MR) is 89.4 cm³/mol. The van der Waals surface area contributed by atoms with Crippen LogP contribution in [0.2, 0.25) is 0 Å². The molecule has 120 valence electrons. The Balaban J connectivity index is 1.85. The minimum atomic E-state index is -0.923. The van der Waals surface area contributed by atoms with Crippen molar-refractivity contribution in [1.82, 2.24) is 4.90 Å². The molecule has 0 radical (unpaired) electrons. The van der Waals surface area contributed by atoms with Crippen LogP contribution in [0.4, 0.5) is 0 Å². The van der Waals surface area contributed by atoms with E-state index < -0.39 is 5.97 Å². The SMILES string of the molecule is CC(C)C1CN(C(=O)CCc2ccc(C(=O)O)cc2)CCS1. The molecule has 5 heteroatoms. The van der Waals surface area contributed by atoms with E-state index >= 15 is 0 Å². The summed E-state index contributed by atoms with van der Waals surface area (Å²) in [5.74, 6) is 0.882. The highest BCUT2D eigenvalue weighted by atomic mass is 32.2. The average molecular weight is 321 g/mol.